The summed E-state index contributed by atoms with van der Waals surface area (Å²) in [6, 6.07) is -0.0597. The molecule has 0 aromatic carbocycles. The number of nitrogens with one attached hydrogen (secondary N) is 1. The van der Waals surface area contributed by atoms with E-state index in [9.17, 15) is 4.79 Å². The van der Waals surface area contributed by atoms with Crippen molar-refractivity contribution in [1.29, 1.82) is 0 Å². The molecule has 1 saturated carbocycles. The molecule has 0 aromatic heterocycles. The minimum atomic E-state index is -0.367. The smallest absolute Gasteiger partial charge is 0.237 e. The second kappa shape index (κ2) is 6.71. The minimum absolute atomic E-state index is 0.0397. The average molecular weight is 268 g/mol. The zero-order chi connectivity index (χ0) is 13.8. The standard InChI is InChI=1S/C15H28N2O2/c1-10-4-3-5-13(11(10)2)17-15(18)14(16)12-6-8-19-9-7-12/h10-14H,3-9,16H2,1-2H3,(H,17,18). The minimum Gasteiger partial charge on any atom is -0.381 e. The van der Waals surface area contributed by atoms with E-state index in [1.807, 2.05) is 0 Å². The van der Waals surface area contributed by atoms with Crippen LogP contribution in [0, 0.1) is 17.8 Å². The molecule has 1 aliphatic heterocycles. The number of amides is 1. The molecular formula is C15H28N2O2. The molecule has 0 radical (unpaired) electrons. The summed E-state index contributed by atoms with van der Waals surface area (Å²) in [5.41, 5.74) is 6.12. The molecule has 2 fully saturated rings. The molecule has 1 amide bonds. The number of carbonyl (C=O) groups is 1. The molecule has 110 valence electrons. The Hall–Kier alpha value is -0.610. The molecule has 0 bridgehead atoms. The molecule has 1 saturated heterocycles. The Balaban J connectivity index is 1.85. The molecule has 1 heterocycles. The Morgan fingerprint density at radius 2 is 1.89 bits per heavy atom. The predicted octanol–water partition coefficient (Wildman–Crippen LogP) is 1.68. The highest BCUT2D eigenvalue weighted by Gasteiger charge is 2.32. The van der Waals surface area contributed by atoms with E-state index in [0.717, 1.165) is 32.5 Å². The lowest BCUT2D eigenvalue weighted by molar-refractivity contribution is -0.125. The number of nitrogens with two attached hydrogens (primary N) is 1. The third-order valence-electron chi connectivity index (χ3n) is 5.11. The lowest BCUT2D eigenvalue weighted by Gasteiger charge is -2.36. The van der Waals surface area contributed by atoms with Crippen molar-refractivity contribution >= 4 is 5.91 Å². The van der Waals surface area contributed by atoms with Crippen molar-refractivity contribution < 1.29 is 9.53 Å². The van der Waals surface area contributed by atoms with Gasteiger partial charge < -0.3 is 15.8 Å². The summed E-state index contributed by atoms with van der Waals surface area (Å²) in [5.74, 6) is 1.57. The Bertz CT molecular complexity index is 303. The topological polar surface area (TPSA) is 64.4 Å². The second-order valence-electron chi connectivity index (χ2n) is 6.36. The van der Waals surface area contributed by atoms with Gasteiger partial charge in [0.05, 0.1) is 6.04 Å². The van der Waals surface area contributed by atoms with E-state index < -0.39 is 0 Å². The average Bonchev–Trinajstić information content (AvgIpc) is 2.44. The first-order valence-electron chi connectivity index (χ1n) is 7.73. The number of carbonyl (C=O) groups excluding carboxylic acids is 1. The van der Waals surface area contributed by atoms with E-state index in [1.54, 1.807) is 0 Å². The fourth-order valence-electron chi connectivity index (χ4n) is 3.35. The fourth-order valence-corrected chi connectivity index (χ4v) is 3.35. The molecule has 4 heteroatoms. The number of rotatable bonds is 3. The summed E-state index contributed by atoms with van der Waals surface area (Å²) in [6.45, 7) is 6.00. The van der Waals surface area contributed by atoms with Crippen molar-refractivity contribution in [3.8, 4) is 0 Å². The molecular weight excluding hydrogens is 240 g/mol. The zero-order valence-corrected chi connectivity index (χ0v) is 12.2. The maximum Gasteiger partial charge on any atom is 0.237 e. The monoisotopic (exact) mass is 268 g/mol. The maximum atomic E-state index is 12.3. The first-order chi connectivity index (χ1) is 9.09. The van der Waals surface area contributed by atoms with Gasteiger partial charge in [-0.3, -0.25) is 4.79 Å². The van der Waals surface area contributed by atoms with E-state index in [4.69, 9.17) is 10.5 Å². The largest absolute Gasteiger partial charge is 0.381 e. The van der Waals surface area contributed by atoms with Crippen LogP contribution in [0.4, 0.5) is 0 Å². The van der Waals surface area contributed by atoms with Crippen LogP contribution in [0.3, 0.4) is 0 Å². The Kier molecular flexibility index (Phi) is 5.22. The fraction of sp³-hybridized carbons (Fsp3) is 0.933. The molecule has 1 aliphatic carbocycles. The summed E-state index contributed by atoms with van der Waals surface area (Å²) < 4.78 is 5.32. The van der Waals surface area contributed by atoms with E-state index >= 15 is 0 Å². The highest BCUT2D eigenvalue weighted by molar-refractivity contribution is 5.82. The van der Waals surface area contributed by atoms with E-state index in [1.165, 1.54) is 12.8 Å². The molecule has 19 heavy (non-hydrogen) atoms. The predicted molar refractivity (Wildman–Crippen MR) is 75.6 cm³/mol. The Labute approximate surface area is 116 Å². The van der Waals surface area contributed by atoms with Crippen molar-refractivity contribution in [3.63, 3.8) is 0 Å². The van der Waals surface area contributed by atoms with Gasteiger partial charge in [0.25, 0.3) is 0 Å². The van der Waals surface area contributed by atoms with Crippen LogP contribution in [0.1, 0.15) is 46.0 Å². The van der Waals surface area contributed by atoms with Crippen LogP contribution in [0.5, 0.6) is 0 Å². The summed E-state index contributed by atoms with van der Waals surface area (Å²) in [4.78, 5) is 12.3. The van der Waals surface area contributed by atoms with Gasteiger partial charge in [0.1, 0.15) is 0 Å². The van der Waals surface area contributed by atoms with Crippen LogP contribution < -0.4 is 11.1 Å². The van der Waals surface area contributed by atoms with Crippen molar-refractivity contribution in [3.05, 3.63) is 0 Å². The highest BCUT2D eigenvalue weighted by Crippen LogP contribution is 2.29. The van der Waals surface area contributed by atoms with Gasteiger partial charge in [0.15, 0.2) is 0 Å². The molecule has 4 nitrogen and oxygen atoms in total. The van der Waals surface area contributed by atoms with Gasteiger partial charge in [-0.2, -0.15) is 0 Å². The molecule has 4 unspecified atom stereocenters. The molecule has 2 aliphatic rings. The normalized spacial score (nSPS) is 34.8. The Morgan fingerprint density at radius 3 is 2.58 bits per heavy atom. The van der Waals surface area contributed by atoms with E-state index in [0.29, 0.717) is 17.9 Å². The number of ether oxygens (including phenoxy) is 1. The van der Waals surface area contributed by atoms with Crippen LogP contribution in [0.15, 0.2) is 0 Å². The summed E-state index contributed by atoms with van der Waals surface area (Å²) in [6.07, 6.45) is 5.40. The first-order valence-corrected chi connectivity index (χ1v) is 7.73. The van der Waals surface area contributed by atoms with Gasteiger partial charge in [0.2, 0.25) is 5.91 Å². The van der Waals surface area contributed by atoms with Crippen molar-refractivity contribution in [2.45, 2.75) is 58.0 Å². The van der Waals surface area contributed by atoms with Gasteiger partial charge in [0, 0.05) is 19.3 Å². The quantitative estimate of drug-likeness (QED) is 0.818. The highest BCUT2D eigenvalue weighted by atomic mass is 16.5. The molecule has 4 atom stereocenters. The maximum absolute atomic E-state index is 12.3. The van der Waals surface area contributed by atoms with Gasteiger partial charge in [-0.05, 0) is 37.0 Å². The zero-order valence-electron chi connectivity index (χ0n) is 12.2. The summed E-state index contributed by atoms with van der Waals surface area (Å²) >= 11 is 0. The van der Waals surface area contributed by atoms with Gasteiger partial charge >= 0.3 is 0 Å². The van der Waals surface area contributed by atoms with E-state index in [2.05, 4.69) is 19.2 Å². The lowest BCUT2D eigenvalue weighted by Crippen LogP contribution is -2.52. The first kappa shape index (κ1) is 14.8. The third kappa shape index (κ3) is 3.69. The summed E-state index contributed by atoms with van der Waals surface area (Å²) in [7, 11) is 0. The second-order valence-corrected chi connectivity index (χ2v) is 6.36. The van der Waals surface area contributed by atoms with Crippen molar-refractivity contribution in [2.75, 3.05) is 13.2 Å². The number of hydrogen-bond donors (Lipinski definition) is 2. The molecule has 2 rings (SSSR count). The van der Waals surface area contributed by atoms with Gasteiger partial charge in [-0.25, -0.2) is 0 Å². The van der Waals surface area contributed by atoms with Crippen LogP contribution in [0.2, 0.25) is 0 Å². The SMILES string of the molecule is CC1CCCC(NC(=O)C(N)C2CCOCC2)C1C. The molecule has 3 N–H and O–H groups in total. The third-order valence-corrected chi connectivity index (χ3v) is 5.11. The Morgan fingerprint density at radius 1 is 1.21 bits per heavy atom. The van der Waals surface area contributed by atoms with Gasteiger partial charge in [-0.1, -0.05) is 26.7 Å². The van der Waals surface area contributed by atoms with E-state index in [-0.39, 0.29) is 17.9 Å². The van der Waals surface area contributed by atoms with Crippen LogP contribution in [-0.4, -0.2) is 31.2 Å². The lowest BCUT2D eigenvalue weighted by atomic mass is 9.78. The van der Waals surface area contributed by atoms with Crippen LogP contribution >= 0.6 is 0 Å². The van der Waals surface area contributed by atoms with Crippen LogP contribution in [0.25, 0.3) is 0 Å². The molecule has 0 aromatic rings. The number of hydrogen-bond acceptors (Lipinski definition) is 3. The van der Waals surface area contributed by atoms with Gasteiger partial charge in [-0.15, -0.1) is 0 Å². The summed E-state index contributed by atoms with van der Waals surface area (Å²) in [5, 5.41) is 3.19. The molecule has 0 spiro atoms. The van der Waals surface area contributed by atoms with Crippen LogP contribution in [-0.2, 0) is 9.53 Å². The van der Waals surface area contributed by atoms with Crippen molar-refractivity contribution in [2.24, 2.45) is 23.5 Å². The van der Waals surface area contributed by atoms with Crippen molar-refractivity contribution in [1.82, 2.24) is 5.32 Å².